The van der Waals surface area contributed by atoms with Crippen LogP contribution in [0, 0.1) is 5.41 Å². The zero-order valence-electron chi connectivity index (χ0n) is 12.4. The lowest BCUT2D eigenvalue weighted by atomic mass is 9.75. The lowest BCUT2D eigenvalue weighted by Gasteiger charge is -2.35. The molecule has 1 fully saturated rings. The molecule has 1 amide bonds. The van der Waals surface area contributed by atoms with Gasteiger partial charge in [0.2, 0.25) is 0 Å². The molecule has 1 unspecified atom stereocenters. The standard InChI is InChI=1S/C16H23NO3/c1-16(2)8-4-5-11(10-16)17-15(19)13-7-6-12(20-3)9-14(13)18/h6-7,9,11,18H,4-5,8,10H2,1-3H3,(H,17,19). The molecule has 110 valence electrons. The second-order valence-corrected chi connectivity index (χ2v) is 6.31. The summed E-state index contributed by atoms with van der Waals surface area (Å²) in [6.45, 7) is 4.46. The Bertz CT molecular complexity index is 496. The third kappa shape index (κ3) is 3.44. The van der Waals surface area contributed by atoms with Crippen LogP contribution in [0.1, 0.15) is 49.9 Å². The van der Waals surface area contributed by atoms with E-state index in [1.807, 2.05) is 0 Å². The summed E-state index contributed by atoms with van der Waals surface area (Å²) in [5.74, 6) is 0.280. The molecule has 0 bridgehead atoms. The van der Waals surface area contributed by atoms with E-state index in [4.69, 9.17) is 4.74 Å². The van der Waals surface area contributed by atoms with E-state index in [1.54, 1.807) is 12.1 Å². The first-order chi connectivity index (χ1) is 9.41. The minimum atomic E-state index is -0.215. The molecule has 4 heteroatoms. The smallest absolute Gasteiger partial charge is 0.255 e. The molecule has 0 saturated heterocycles. The Labute approximate surface area is 120 Å². The van der Waals surface area contributed by atoms with Crippen molar-refractivity contribution in [1.82, 2.24) is 5.32 Å². The molecule has 1 saturated carbocycles. The van der Waals surface area contributed by atoms with Gasteiger partial charge in [-0.05, 0) is 36.8 Å². The van der Waals surface area contributed by atoms with Gasteiger partial charge in [-0.25, -0.2) is 0 Å². The molecule has 2 rings (SSSR count). The summed E-state index contributed by atoms with van der Waals surface area (Å²) in [6.07, 6.45) is 4.32. The number of amides is 1. The van der Waals surface area contributed by atoms with Gasteiger partial charge in [-0.1, -0.05) is 20.3 Å². The molecule has 0 radical (unpaired) electrons. The largest absolute Gasteiger partial charge is 0.507 e. The number of benzene rings is 1. The van der Waals surface area contributed by atoms with Crippen LogP contribution in [0.2, 0.25) is 0 Å². The first kappa shape index (κ1) is 14.7. The Balaban J connectivity index is 2.05. The predicted molar refractivity (Wildman–Crippen MR) is 78.2 cm³/mol. The molecule has 4 nitrogen and oxygen atoms in total. The molecule has 1 aromatic carbocycles. The highest BCUT2D eigenvalue weighted by atomic mass is 16.5. The topological polar surface area (TPSA) is 58.6 Å². The van der Waals surface area contributed by atoms with Crippen molar-refractivity contribution >= 4 is 5.91 Å². The fourth-order valence-electron chi connectivity index (χ4n) is 2.91. The van der Waals surface area contributed by atoms with E-state index in [-0.39, 0.29) is 23.1 Å². The van der Waals surface area contributed by atoms with Crippen molar-refractivity contribution in [2.24, 2.45) is 5.41 Å². The molecule has 1 aliphatic carbocycles. The van der Waals surface area contributed by atoms with Crippen LogP contribution in [-0.4, -0.2) is 24.2 Å². The number of phenolic OH excluding ortho intramolecular Hbond substituents is 1. The molecule has 1 aliphatic rings. The predicted octanol–water partition coefficient (Wildman–Crippen LogP) is 3.10. The van der Waals surface area contributed by atoms with Crippen molar-refractivity contribution in [3.8, 4) is 11.5 Å². The normalized spacial score (nSPS) is 21.2. The summed E-state index contributed by atoms with van der Waals surface area (Å²) in [7, 11) is 1.53. The molecular weight excluding hydrogens is 254 g/mol. The highest BCUT2D eigenvalue weighted by Gasteiger charge is 2.29. The highest BCUT2D eigenvalue weighted by Crippen LogP contribution is 2.35. The van der Waals surface area contributed by atoms with Gasteiger partial charge in [-0.3, -0.25) is 4.79 Å². The maximum atomic E-state index is 12.2. The van der Waals surface area contributed by atoms with Crippen LogP contribution in [0.15, 0.2) is 18.2 Å². The number of rotatable bonds is 3. The molecule has 1 atom stereocenters. The van der Waals surface area contributed by atoms with Crippen LogP contribution in [-0.2, 0) is 0 Å². The van der Waals surface area contributed by atoms with E-state index in [0.717, 1.165) is 19.3 Å². The van der Waals surface area contributed by atoms with Gasteiger partial charge < -0.3 is 15.2 Å². The van der Waals surface area contributed by atoms with Gasteiger partial charge in [0.15, 0.2) is 0 Å². The molecule has 0 aliphatic heterocycles. The Morgan fingerprint density at radius 1 is 1.45 bits per heavy atom. The molecule has 0 spiro atoms. The summed E-state index contributed by atoms with van der Waals surface area (Å²) < 4.78 is 5.02. The first-order valence-electron chi connectivity index (χ1n) is 7.09. The minimum absolute atomic E-state index is 0.0445. The van der Waals surface area contributed by atoms with E-state index in [0.29, 0.717) is 11.3 Å². The van der Waals surface area contributed by atoms with E-state index in [9.17, 15) is 9.90 Å². The van der Waals surface area contributed by atoms with Crippen LogP contribution in [0.25, 0.3) is 0 Å². The number of hydrogen-bond acceptors (Lipinski definition) is 3. The van der Waals surface area contributed by atoms with Crippen LogP contribution >= 0.6 is 0 Å². The summed E-state index contributed by atoms with van der Waals surface area (Å²) in [5.41, 5.74) is 0.576. The monoisotopic (exact) mass is 277 g/mol. The summed E-state index contributed by atoms with van der Waals surface area (Å²) >= 11 is 0. The average Bonchev–Trinajstić information content (AvgIpc) is 2.37. The van der Waals surface area contributed by atoms with Crippen LogP contribution in [0.3, 0.4) is 0 Å². The first-order valence-corrected chi connectivity index (χ1v) is 7.09. The molecule has 1 aromatic rings. The van der Waals surface area contributed by atoms with Gasteiger partial charge in [0.25, 0.3) is 5.91 Å². The molecule has 20 heavy (non-hydrogen) atoms. The third-order valence-corrected chi connectivity index (χ3v) is 3.99. The maximum absolute atomic E-state index is 12.2. The number of carbonyl (C=O) groups excluding carboxylic acids is 1. The zero-order chi connectivity index (χ0) is 14.8. The van der Waals surface area contributed by atoms with E-state index in [1.165, 1.54) is 19.6 Å². The average molecular weight is 277 g/mol. The number of aromatic hydroxyl groups is 1. The second kappa shape index (κ2) is 5.73. The Hall–Kier alpha value is -1.71. The van der Waals surface area contributed by atoms with Crippen LogP contribution < -0.4 is 10.1 Å². The Morgan fingerprint density at radius 3 is 2.80 bits per heavy atom. The lowest BCUT2D eigenvalue weighted by Crippen LogP contribution is -2.40. The Kier molecular flexibility index (Phi) is 4.21. The molecular formula is C16H23NO3. The number of nitrogens with one attached hydrogen (secondary N) is 1. The van der Waals surface area contributed by atoms with Crippen LogP contribution in [0.4, 0.5) is 0 Å². The van der Waals surface area contributed by atoms with E-state index < -0.39 is 0 Å². The number of hydrogen-bond donors (Lipinski definition) is 2. The third-order valence-electron chi connectivity index (χ3n) is 3.99. The second-order valence-electron chi connectivity index (χ2n) is 6.31. The van der Waals surface area contributed by atoms with Crippen LogP contribution in [0.5, 0.6) is 11.5 Å². The van der Waals surface area contributed by atoms with Crippen molar-refractivity contribution in [2.45, 2.75) is 45.6 Å². The van der Waals surface area contributed by atoms with Gasteiger partial charge in [-0.15, -0.1) is 0 Å². The number of ether oxygens (including phenoxy) is 1. The Morgan fingerprint density at radius 2 is 2.20 bits per heavy atom. The number of phenols is 1. The SMILES string of the molecule is COc1ccc(C(=O)NC2CCCC(C)(C)C2)c(O)c1. The fraction of sp³-hybridized carbons (Fsp3) is 0.562. The van der Waals surface area contributed by atoms with Crippen molar-refractivity contribution in [3.05, 3.63) is 23.8 Å². The van der Waals surface area contributed by atoms with Crippen molar-refractivity contribution < 1.29 is 14.6 Å². The van der Waals surface area contributed by atoms with Gasteiger partial charge in [0.1, 0.15) is 11.5 Å². The maximum Gasteiger partial charge on any atom is 0.255 e. The van der Waals surface area contributed by atoms with Crippen molar-refractivity contribution in [3.63, 3.8) is 0 Å². The van der Waals surface area contributed by atoms with Gasteiger partial charge in [0.05, 0.1) is 12.7 Å². The highest BCUT2D eigenvalue weighted by molar-refractivity contribution is 5.97. The van der Waals surface area contributed by atoms with E-state index in [2.05, 4.69) is 19.2 Å². The summed E-state index contributed by atoms with van der Waals surface area (Å²) in [6, 6.07) is 4.92. The minimum Gasteiger partial charge on any atom is -0.507 e. The van der Waals surface area contributed by atoms with Gasteiger partial charge in [0, 0.05) is 12.1 Å². The summed E-state index contributed by atoms with van der Waals surface area (Å²) in [5, 5.41) is 12.9. The van der Waals surface area contributed by atoms with Gasteiger partial charge >= 0.3 is 0 Å². The summed E-state index contributed by atoms with van der Waals surface area (Å²) in [4.78, 5) is 12.2. The van der Waals surface area contributed by atoms with Crippen molar-refractivity contribution in [2.75, 3.05) is 7.11 Å². The molecule has 0 aromatic heterocycles. The van der Waals surface area contributed by atoms with Crippen molar-refractivity contribution in [1.29, 1.82) is 0 Å². The fourth-order valence-corrected chi connectivity index (χ4v) is 2.91. The van der Waals surface area contributed by atoms with Gasteiger partial charge in [-0.2, -0.15) is 0 Å². The zero-order valence-corrected chi connectivity index (χ0v) is 12.4. The molecule has 2 N–H and O–H groups in total. The quantitative estimate of drug-likeness (QED) is 0.892. The molecule has 0 heterocycles. The number of carbonyl (C=O) groups is 1. The lowest BCUT2D eigenvalue weighted by molar-refractivity contribution is 0.0900. The van der Waals surface area contributed by atoms with E-state index >= 15 is 0 Å². The number of methoxy groups -OCH3 is 1.